The molecular formula is C81H52N8. The van der Waals surface area contributed by atoms with E-state index < -0.39 is 0 Å². The fraction of sp³-hybridized carbons (Fsp3) is 0.0123. The van der Waals surface area contributed by atoms with Crippen molar-refractivity contribution < 1.29 is 0 Å². The lowest BCUT2D eigenvalue weighted by molar-refractivity contribution is 0.999. The Hall–Kier alpha value is -12.0. The van der Waals surface area contributed by atoms with Crippen molar-refractivity contribution in [3.05, 3.63) is 303 Å². The first-order valence-corrected chi connectivity index (χ1v) is 30.4. The monoisotopic (exact) mass is 1140 g/mol. The minimum Gasteiger partial charge on any atom is -0.307 e. The van der Waals surface area contributed by atoms with Crippen LogP contribution in [0.4, 0.5) is 0 Å². The zero-order valence-corrected chi connectivity index (χ0v) is 48.4. The van der Waals surface area contributed by atoms with E-state index in [1.165, 1.54) is 21.5 Å². The summed E-state index contributed by atoms with van der Waals surface area (Å²) in [4.78, 5) is 11.6. The van der Waals surface area contributed by atoms with Gasteiger partial charge in [-0.2, -0.15) is 0 Å². The van der Waals surface area contributed by atoms with Crippen molar-refractivity contribution in [1.82, 2.24) is 37.0 Å². The normalized spacial score (nSPS) is 12.1. The third-order valence-electron chi connectivity index (χ3n) is 18.6. The Balaban J connectivity index is 1.03. The van der Waals surface area contributed by atoms with Crippen molar-refractivity contribution in [1.29, 1.82) is 0 Å². The maximum absolute atomic E-state index is 5.78. The van der Waals surface area contributed by atoms with Gasteiger partial charge < -0.3 is 9.13 Å². The third kappa shape index (κ3) is 7.23. The number of aromatic nitrogens is 8. The summed E-state index contributed by atoms with van der Waals surface area (Å²) in [6.07, 6.45) is 0. The van der Waals surface area contributed by atoms with E-state index in [-0.39, 0.29) is 0 Å². The zero-order chi connectivity index (χ0) is 58.4. The number of imidazole rings is 4. The summed E-state index contributed by atoms with van der Waals surface area (Å²) in [6, 6.07) is 108. The predicted octanol–water partition coefficient (Wildman–Crippen LogP) is 20.3. The topological polar surface area (TPSA) is 54.3 Å². The van der Waals surface area contributed by atoms with Crippen LogP contribution in [0, 0.1) is 6.92 Å². The quantitative estimate of drug-likeness (QED) is 0.152. The molecule has 0 saturated heterocycles. The number of rotatable bonds is 8. The van der Waals surface area contributed by atoms with Gasteiger partial charge in [-0.1, -0.05) is 218 Å². The molecule has 416 valence electrons. The van der Waals surface area contributed by atoms with E-state index in [1.807, 2.05) is 0 Å². The van der Waals surface area contributed by atoms with Crippen LogP contribution in [-0.2, 0) is 0 Å². The maximum Gasteiger partial charge on any atom is 0.220 e. The first kappa shape index (κ1) is 49.3. The molecule has 0 atom stereocenters. The van der Waals surface area contributed by atoms with Crippen molar-refractivity contribution >= 4 is 99.3 Å². The Morgan fingerprint density at radius 3 is 0.854 bits per heavy atom. The standard InChI is InChI=1S/C81H52N8/c1-51-78(84-66-34-18-14-30-60(66)61-31-15-19-35-67(61)84)76(86-70-44-40-58(54-26-10-4-11-27-54)48-74(70)88-72-46-56(52-22-6-2-7-23-52)38-42-64(72)82-80(86)88)50-77(79(51)85-68-36-20-16-32-62(68)63-33-17-21-37-69(63)85)87-71-45-41-59(55-28-12-5-13-29-55)49-75(71)89-73-47-57(53-24-8-3-9-25-53)39-43-65(73)83-81(87)89/h2-50H,1H3. The van der Waals surface area contributed by atoms with Crippen LogP contribution < -0.4 is 0 Å². The Bertz CT molecular complexity index is 5620. The maximum atomic E-state index is 5.78. The summed E-state index contributed by atoms with van der Waals surface area (Å²) >= 11 is 0. The number of para-hydroxylation sites is 4. The molecule has 89 heavy (non-hydrogen) atoms. The van der Waals surface area contributed by atoms with Crippen LogP contribution in [0.2, 0.25) is 0 Å². The largest absolute Gasteiger partial charge is 0.307 e. The van der Waals surface area contributed by atoms with Gasteiger partial charge in [0.05, 0.1) is 88.9 Å². The molecule has 0 saturated carbocycles. The highest BCUT2D eigenvalue weighted by Gasteiger charge is 2.31. The second-order valence-electron chi connectivity index (χ2n) is 23.4. The van der Waals surface area contributed by atoms with Crippen LogP contribution in [-0.4, -0.2) is 37.0 Å². The lowest BCUT2D eigenvalue weighted by Crippen LogP contribution is -2.13. The number of benzene rings is 13. The molecule has 8 heteroatoms. The van der Waals surface area contributed by atoms with Gasteiger partial charge in [0.25, 0.3) is 0 Å². The predicted molar refractivity (Wildman–Crippen MR) is 368 cm³/mol. The molecule has 6 heterocycles. The van der Waals surface area contributed by atoms with Crippen LogP contribution >= 0.6 is 0 Å². The van der Waals surface area contributed by atoms with Gasteiger partial charge in [-0.15, -0.1) is 0 Å². The summed E-state index contributed by atoms with van der Waals surface area (Å²) in [6.45, 7) is 2.35. The fourth-order valence-corrected chi connectivity index (χ4v) is 14.6. The molecule has 0 spiro atoms. The van der Waals surface area contributed by atoms with Gasteiger partial charge in [-0.05, 0) is 130 Å². The summed E-state index contributed by atoms with van der Waals surface area (Å²) in [5.41, 5.74) is 26.6. The van der Waals surface area contributed by atoms with E-state index in [9.17, 15) is 0 Å². The van der Waals surface area contributed by atoms with Gasteiger partial charge in [-0.3, -0.25) is 17.9 Å². The van der Waals surface area contributed by atoms with Gasteiger partial charge in [0.2, 0.25) is 11.6 Å². The molecule has 19 aromatic rings. The molecule has 0 aliphatic heterocycles. The number of hydrogen-bond acceptors (Lipinski definition) is 2. The van der Waals surface area contributed by atoms with Crippen LogP contribution in [0.3, 0.4) is 0 Å². The van der Waals surface area contributed by atoms with Gasteiger partial charge >= 0.3 is 0 Å². The Morgan fingerprint density at radius 2 is 0.517 bits per heavy atom. The van der Waals surface area contributed by atoms with Crippen LogP contribution in [0.1, 0.15) is 5.56 Å². The molecule has 0 bridgehead atoms. The SMILES string of the molecule is Cc1c(-n2c3ccccc3c3ccccc32)c(-n2c3ccc(-c4ccccc4)cc3n3c4cc(-c5ccccc5)ccc4nc23)cc(-n2c3ccc(-c4ccccc4)cc3n3c4cc(-c5ccccc5)ccc4nc23)c1-n1c2ccccc2c2ccccc21. The highest BCUT2D eigenvalue weighted by molar-refractivity contribution is 6.12. The molecule has 19 rings (SSSR count). The van der Waals surface area contributed by atoms with E-state index in [1.54, 1.807) is 0 Å². The summed E-state index contributed by atoms with van der Waals surface area (Å²) in [5.74, 6) is 1.61. The van der Waals surface area contributed by atoms with E-state index >= 15 is 0 Å². The Morgan fingerprint density at radius 1 is 0.225 bits per heavy atom. The van der Waals surface area contributed by atoms with E-state index in [4.69, 9.17) is 9.97 Å². The van der Waals surface area contributed by atoms with Crippen LogP contribution in [0.25, 0.3) is 167 Å². The van der Waals surface area contributed by atoms with Gasteiger partial charge in [0.15, 0.2) is 0 Å². The smallest absolute Gasteiger partial charge is 0.220 e. The molecule has 0 amide bonds. The molecule has 8 nitrogen and oxygen atoms in total. The molecule has 13 aromatic carbocycles. The third-order valence-corrected chi connectivity index (χ3v) is 18.6. The molecular weight excluding hydrogens is 1080 g/mol. The summed E-state index contributed by atoms with van der Waals surface area (Å²) < 4.78 is 14.7. The average Bonchev–Trinajstić information content (AvgIpc) is 1.57. The lowest BCUT2D eigenvalue weighted by atomic mass is 10.0. The molecule has 0 aliphatic carbocycles. The van der Waals surface area contributed by atoms with Crippen molar-refractivity contribution in [3.8, 4) is 67.3 Å². The first-order valence-electron chi connectivity index (χ1n) is 30.4. The zero-order valence-electron chi connectivity index (χ0n) is 48.4. The van der Waals surface area contributed by atoms with Crippen molar-refractivity contribution in [3.63, 3.8) is 0 Å². The van der Waals surface area contributed by atoms with Crippen molar-refractivity contribution in [2.75, 3.05) is 0 Å². The Kier molecular flexibility index (Phi) is 10.5. The number of hydrogen-bond donors (Lipinski definition) is 0. The minimum absolute atomic E-state index is 0.803. The second kappa shape index (κ2) is 19.0. The molecule has 0 aliphatic rings. The molecule has 0 unspecified atom stereocenters. The van der Waals surface area contributed by atoms with Gasteiger partial charge in [-0.25, -0.2) is 9.97 Å². The summed E-state index contributed by atoms with van der Waals surface area (Å²) in [7, 11) is 0. The highest BCUT2D eigenvalue weighted by atomic mass is 15.2. The first-order chi connectivity index (χ1) is 44.1. The van der Waals surface area contributed by atoms with Crippen LogP contribution in [0.5, 0.6) is 0 Å². The lowest BCUT2D eigenvalue weighted by Gasteiger charge is -2.25. The summed E-state index contributed by atoms with van der Waals surface area (Å²) in [5, 5.41) is 4.71. The highest BCUT2D eigenvalue weighted by Crippen LogP contribution is 2.47. The van der Waals surface area contributed by atoms with Crippen LogP contribution in [0.15, 0.2) is 297 Å². The van der Waals surface area contributed by atoms with Gasteiger partial charge in [0, 0.05) is 27.1 Å². The van der Waals surface area contributed by atoms with Crippen molar-refractivity contribution in [2.45, 2.75) is 6.92 Å². The fourth-order valence-electron chi connectivity index (χ4n) is 14.6. The number of nitrogens with zero attached hydrogens (tertiary/aromatic N) is 8. The van der Waals surface area contributed by atoms with E-state index in [0.717, 1.165) is 151 Å². The Labute approximate surface area is 510 Å². The average molecular weight is 1140 g/mol. The molecule has 6 aromatic heterocycles. The minimum atomic E-state index is 0.803. The molecule has 0 radical (unpaired) electrons. The van der Waals surface area contributed by atoms with E-state index in [2.05, 4.69) is 331 Å². The van der Waals surface area contributed by atoms with Crippen molar-refractivity contribution in [2.24, 2.45) is 0 Å². The van der Waals surface area contributed by atoms with Gasteiger partial charge in [0.1, 0.15) is 0 Å². The molecule has 0 fully saturated rings. The second-order valence-corrected chi connectivity index (χ2v) is 23.4. The molecule has 0 N–H and O–H groups in total. The van der Waals surface area contributed by atoms with E-state index in [0.29, 0.717) is 0 Å². The number of fused-ring (bicyclic) bond motifs is 16.